The Morgan fingerprint density at radius 1 is 0.933 bits per heavy atom. The van der Waals surface area contributed by atoms with Crippen molar-refractivity contribution in [2.45, 2.75) is 46.3 Å². The first kappa shape index (κ1) is 15.4. The minimum atomic E-state index is -0.557. The van der Waals surface area contributed by atoms with E-state index < -0.39 is 8.96 Å². The van der Waals surface area contributed by atoms with Gasteiger partial charge in [0.1, 0.15) is 8.96 Å². The van der Waals surface area contributed by atoms with Gasteiger partial charge in [0, 0.05) is 0 Å². The van der Waals surface area contributed by atoms with Gasteiger partial charge in [-0.25, -0.2) is 0 Å². The molecule has 0 radical (unpaired) electrons. The fraction of sp³-hybridized carbons (Fsp3) is 1.00. The van der Waals surface area contributed by atoms with Crippen LogP contribution < -0.4 is 0 Å². The standard InChI is InChI=1S/C11H30N2Si2/c1-6-12(7-2)14-10-11-15(5)13(8-3)9-4/h15H,6-11,14H2,1-5H3. The molecule has 0 bridgehead atoms. The minimum Gasteiger partial charge on any atom is -0.330 e. The average molecular weight is 247 g/mol. The summed E-state index contributed by atoms with van der Waals surface area (Å²) in [5, 5.41) is 0. The Morgan fingerprint density at radius 2 is 1.47 bits per heavy atom. The summed E-state index contributed by atoms with van der Waals surface area (Å²) in [6.07, 6.45) is 0. The molecule has 0 rings (SSSR count). The highest BCUT2D eigenvalue weighted by atomic mass is 28.3. The molecule has 0 aliphatic carbocycles. The highest BCUT2D eigenvalue weighted by Crippen LogP contribution is 2.04. The molecule has 0 aliphatic rings. The molecule has 0 aromatic carbocycles. The molecule has 0 spiro atoms. The zero-order valence-corrected chi connectivity index (χ0v) is 14.0. The van der Waals surface area contributed by atoms with E-state index in [9.17, 15) is 0 Å². The van der Waals surface area contributed by atoms with Crippen LogP contribution in [0.25, 0.3) is 0 Å². The first-order chi connectivity index (χ1) is 7.19. The third kappa shape index (κ3) is 6.50. The summed E-state index contributed by atoms with van der Waals surface area (Å²) >= 11 is 0. The van der Waals surface area contributed by atoms with Gasteiger partial charge >= 0.3 is 0 Å². The van der Waals surface area contributed by atoms with Crippen molar-refractivity contribution in [3.05, 3.63) is 0 Å². The molecule has 0 aromatic heterocycles. The van der Waals surface area contributed by atoms with Crippen LogP contribution in [0.3, 0.4) is 0 Å². The maximum atomic E-state index is 2.70. The predicted octanol–water partition coefficient (Wildman–Crippen LogP) is 1.53. The first-order valence-electron chi connectivity index (χ1n) is 6.65. The van der Waals surface area contributed by atoms with Crippen molar-refractivity contribution in [2.24, 2.45) is 0 Å². The third-order valence-corrected chi connectivity index (χ3v) is 9.72. The molecule has 0 amide bonds. The van der Waals surface area contributed by atoms with Crippen LogP contribution in [0.5, 0.6) is 0 Å². The molecule has 2 nitrogen and oxygen atoms in total. The largest absolute Gasteiger partial charge is 0.330 e. The Kier molecular flexibility index (Phi) is 9.80. The molecule has 0 N–H and O–H groups in total. The highest BCUT2D eigenvalue weighted by molar-refractivity contribution is 6.55. The SMILES string of the molecule is CCN(CC)[SiH2]CC[SiH](C)N(CC)CC. The molecule has 92 valence electrons. The lowest BCUT2D eigenvalue weighted by atomic mass is 10.7. The predicted molar refractivity (Wildman–Crippen MR) is 77.0 cm³/mol. The molecule has 15 heavy (non-hydrogen) atoms. The fourth-order valence-electron chi connectivity index (χ4n) is 2.18. The van der Waals surface area contributed by atoms with Crippen LogP contribution >= 0.6 is 0 Å². The van der Waals surface area contributed by atoms with E-state index in [1.165, 1.54) is 38.3 Å². The molecule has 1 atom stereocenters. The quantitative estimate of drug-likeness (QED) is 0.569. The number of rotatable bonds is 9. The summed E-state index contributed by atoms with van der Waals surface area (Å²) in [5.74, 6) is 0. The van der Waals surface area contributed by atoms with Gasteiger partial charge in [0.2, 0.25) is 0 Å². The third-order valence-electron chi connectivity index (χ3n) is 3.43. The topological polar surface area (TPSA) is 6.48 Å². The van der Waals surface area contributed by atoms with E-state index in [4.69, 9.17) is 0 Å². The summed E-state index contributed by atoms with van der Waals surface area (Å²) < 4.78 is 5.37. The molecule has 0 heterocycles. The van der Waals surface area contributed by atoms with E-state index in [1.54, 1.807) is 0 Å². The lowest BCUT2D eigenvalue weighted by molar-refractivity contribution is 0.477. The van der Waals surface area contributed by atoms with Gasteiger partial charge in [-0.1, -0.05) is 40.3 Å². The lowest BCUT2D eigenvalue weighted by Gasteiger charge is -2.26. The van der Waals surface area contributed by atoms with Crippen LogP contribution in [0.1, 0.15) is 27.7 Å². The van der Waals surface area contributed by atoms with Gasteiger partial charge in [0.25, 0.3) is 0 Å². The summed E-state index contributed by atoms with van der Waals surface area (Å²) in [6.45, 7) is 16.8. The summed E-state index contributed by atoms with van der Waals surface area (Å²) in [7, 11) is -0.480. The van der Waals surface area contributed by atoms with Gasteiger partial charge in [0.15, 0.2) is 0 Å². The monoisotopic (exact) mass is 246 g/mol. The molecule has 0 fully saturated rings. The van der Waals surface area contributed by atoms with E-state index in [0.717, 1.165) is 0 Å². The smallest absolute Gasteiger partial charge is 0.108 e. The molecular weight excluding hydrogens is 216 g/mol. The summed E-state index contributed by atoms with van der Waals surface area (Å²) in [6, 6.07) is 3.07. The van der Waals surface area contributed by atoms with Gasteiger partial charge in [-0.3, -0.25) is 0 Å². The number of hydrogen-bond donors (Lipinski definition) is 0. The average Bonchev–Trinajstić information content (AvgIpc) is 2.26. The Hall–Kier alpha value is 0.354. The number of nitrogens with zero attached hydrogens (tertiary/aromatic N) is 2. The maximum Gasteiger partial charge on any atom is 0.108 e. The van der Waals surface area contributed by atoms with Crippen LogP contribution in [-0.2, 0) is 0 Å². The van der Waals surface area contributed by atoms with Crippen LogP contribution in [0.2, 0.25) is 18.6 Å². The minimum absolute atomic E-state index is 0.0766. The van der Waals surface area contributed by atoms with Crippen molar-refractivity contribution < 1.29 is 0 Å². The highest BCUT2D eigenvalue weighted by Gasteiger charge is 2.11. The Bertz CT molecular complexity index is 137. The van der Waals surface area contributed by atoms with Gasteiger partial charge in [-0.05, 0) is 32.2 Å². The van der Waals surface area contributed by atoms with Crippen molar-refractivity contribution in [3.8, 4) is 0 Å². The molecule has 0 aromatic rings. The second-order valence-corrected chi connectivity index (χ2v) is 9.29. The zero-order valence-electron chi connectivity index (χ0n) is 11.4. The van der Waals surface area contributed by atoms with Crippen LogP contribution in [-0.4, -0.2) is 53.9 Å². The fourth-order valence-corrected chi connectivity index (χ4v) is 7.96. The van der Waals surface area contributed by atoms with Crippen LogP contribution in [0.15, 0.2) is 0 Å². The van der Waals surface area contributed by atoms with Crippen molar-refractivity contribution in [1.82, 2.24) is 9.13 Å². The van der Waals surface area contributed by atoms with Crippen molar-refractivity contribution in [1.29, 1.82) is 0 Å². The molecule has 0 saturated carbocycles. The van der Waals surface area contributed by atoms with E-state index in [-0.39, 0.29) is 9.68 Å². The summed E-state index contributed by atoms with van der Waals surface area (Å²) in [4.78, 5) is 0. The molecule has 0 aliphatic heterocycles. The van der Waals surface area contributed by atoms with E-state index in [2.05, 4.69) is 43.4 Å². The Labute approximate surface area is 101 Å². The Balaban J connectivity index is 3.65. The zero-order chi connectivity index (χ0) is 11.7. The van der Waals surface area contributed by atoms with Crippen LogP contribution in [0, 0.1) is 0 Å². The van der Waals surface area contributed by atoms with Crippen molar-refractivity contribution in [2.75, 3.05) is 26.2 Å². The van der Waals surface area contributed by atoms with E-state index >= 15 is 0 Å². The van der Waals surface area contributed by atoms with Gasteiger partial charge in [-0.2, -0.15) is 0 Å². The molecule has 4 heteroatoms. The second kappa shape index (κ2) is 9.57. The van der Waals surface area contributed by atoms with E-state index in [1.807, 2.05) is 0 Å². The van der Waals surface area contributed by atoms with Gasteiger partial charge in [0.05, 0.1) is 9.68 Å². The first-order valence-corrected chi connectivity index (χ1v) is 10.8. The molecular formula is C11H30N2Si2. The normalized spacial score (nSPS) is 14.6. The van der Waals surface area contributed by atoms with Gasteiger partial charge in [-0.15, -0.1) is 0 Å². The lowest BCUT2D eigenvalue weighted by Crippen LogP contribution is -2.37. The molecule has 1 unspecified atom stereocenters. The summed E-state index contributed by atoms with van der Waals surface area (Å²) in [5.41, 5.74) is 0. The number of hydrogen-bond acceptors (Lipinski definition) is 2. The van der Waals surface area contributed by atoms with Crippen molar-refractivity contribution >= 4 is 18.6 Å². The Morgan fingerprint density at radius 3 is 1.87 bits per heavy atom. The van der Waals surface area contributed by atoms with Crippen molar-refractivity contribution in [3.63, 3.8) is 0 Å². The molecule has 0 saturated heterocycles. The maximum absolute atomic E-state index is 2.70. The van der Waals surface area contributed by atoms with Crippen LogP contribution in [0.4, 0.5) is 0 Å². The second-order valence-electron chi connectivity index (χ2n) is 4.24. The van der Waals surface area contributed by atoms with Gasteiger partial charge < -0.3 is 9.13 Å². The van der Waals surface area contributed by atoms with E-state index in [0.29, 0.717) is 0 Å².